The summed E-state index contributed by atoms with van der Waals surface area (Å²) in [5.41, 5.74) is 3.56. The quantitative estimate of drug-likeness (QED) is 0.318. The van der Waals surface area contributed by atoms with Crippen molar-refractivity contribution in [1.29, 1.82) is 0 Å². The second-order valence-electron chi connectivity index (χ2n) is 8.19. The molecule has 1 aliphatic rings. The van der Waals surface area contributed by atoms with Crippen molar-refractivity contribution in [1.82, 2.24) is 14.9 Å². The Morgan fingerprint density at radius 2 is 1.69 bits per heavy atom. The lowest BCUT2D eigenvalue weighted by atomic mass is 10.0. The summed E-state index contributed by atoms with van der Waals surface area (Å²) in [5.74, 6) is 1.34. The molecule has 1 aliphatic heterocycles. The first-order valence-electron chi connectivity index (χ1n) is 11.1. The van der Waals surface area contributed by atoms with Crippen LogP contribution in [0.1, 0.15) is 24.0 Å². The second-order valence-corrected chi connectivity index (χ2v) is 9.04. The van der Waals surface area contributed by atoms with E-state index in [1.807, 2.05) is 0 Å². The topological polar surface area (TPSA) is 53.1 Å². The minimum Gasteiger partial charge on any atom is -0.365 e. The number of halogens is 1. The smallest absolute Gasteiger partial charge is 0.229 e. The van der Waals surface area contributed by atoms with E-state index in [1.54, 1.807) is 6.20 Å². The van der Waals surface area contributed by atoms with Crippen molar-refractivity contribution < 1.29 is 0 Å². The van der Waals surface area contributed by atoms with Crippen LogP contribution in [-0.4, -0.2) is 28.0 Å². The molecule has 0 atom stereocenters. The van der Waals surface area contributed by atoms with E-state index >= 15 is 0 Å². The van der Waals surface area contributed by atoms with Gasteiger partial charge in [0, 0.05) is 25.0 Å². The molecule has 2 heterocycles. The molecule has 0 unspecified atom stereocenters. The lowest BCUT2D eigenvalue weighted by Crippen LogP contribution is -2.18. The summed E-state index contributed by atoms with van der Waals surface area (Å²) in [6.07, 6.45) is 4.41. The van der Waals surface area contributed by atoms with E-state index in [2.05, 4.69) is 108 Å². The highest BCUT2D eigenvalue weighted by Gasteiger charge is 2.12. The Labute approximate surface area is 197 Å². The van der Waals surface area contributed by atoms with Crippen LogP contribution < -0.4 is 10.6 Å². The second kappa shape index (κ2) is 9.67. The van der Waals surface area contributed by atoms with Gasteiger partial charge in [-0.15, -0.1) is 0 Å². The number of aromatic nitrogens is 2. The molecular formula is C26H26BrN5. The first-order chi connectivity index (χ1) is 15.7. The first-order valence-corrected chi connectivity index (χ1v) is 11.9. The van der Waals surface area contributed by atoms with Gasteiger partial charge in [-0.3, -0.25) is 4.90 Å². The Morgan fingerprint density at radius 3 is 2.53 bits per heavy atom. The third-order valence-corrected chi connectivity index (χ3v) is 6.47. The van der Waals surface area contributed by atoms with Crippen LogP contribution in [0.15, 0.2) is 77.4 Å². The number of anilines is 3. The lowest BCUT2D eigenvalue weighted by Gasteiger charge is -2.15. The number of nitrogens with zero attached hydrogens (tertiary/aromatic N) is 3. The summed E-state index contributed by atoms with van der Waals surface area (Å²) in [4.78, 5) is 11.6. The van der Waals surface area contributed by atoms with Gasteiger partial charge in [-0.25, -0.2) is 4.98 Å². The predicted molar refractivity (Wildman–Crippen MR) is 135 cm³/mol. The maximum atomic E-state index is 4.68. The average Bonchev–Trinajstić information content (AvgIpc) is 3.34. The molecule has 1 aromatic heterocycles. The molecule has 5 rings (SSSR count). The molecule has 0 spiro atoms. The number of likely N-dealkylation sites (tertiary alicyclic amines) is 1. The molecule has 1 fully saturated rings. The summed E-state index contributed by atoms with van der Waals surface area (Å²) in [6, 6.07) is 23.4. The van der Waals surface area contributed by atoms with E-state index < -0.39 is 0 Å². The zero-order valence-electron chi connectivity index (χ0n) is 17.9. The van der Waals surface area contributed by atoms with Crippen molar-refractivity contribution >= 4 is 44.2 Å². The van der Waals surface area contributed by atoms with Crippen LogP contribution in [0.3, 0.4) is 0 Å². The van der Waals surface area contributed by atoms with E-state index in [4.69, 9.17) is 0 Å². The molecule has 162 valence electrons. The van der Waals surface area contributed by atoms with E-state index in [-0.39, 0.29) is 0 Å². The Morgan fingerprint density at radius 1 is 0.906 bits per heavy atom. The zero-order chi connectivity index (χ0) is 21.8. The van der Waals surface area contributed by atoms with Crippen molar-refractivity contribution in [3.05, 3.63) is 88.5 Å². The number of nitrogens with one attached hydrogen (secondary N) is 2. The van der Waals surface area contributed by atoms with Gasteiger partial charge >= 0.3 is 0 Å². The Balaban J connectivity index is 1.26. The first kappa shape index (κ1) is 20.9. The monoisotopic (exact) mass is 487 g/mol. The number of benzene rings is 3. The minimum atomic E-state index is 0.570. The molecule has 32 heavy (non-hydrogen) atoms. The highest BCUT2D eigenvalue weighted by molar-refractivity contribution is 9.10. The van der Waals surface area contributed by atoms with Gasteiger partial charge in [0.05, 0.1) is 4.47 Å². The summed E-state index contributed by atoms with van der Waals surface area (Å²) in [5, 5.41) is 9.27. The third kappa shape index (κ3) is 4.92. The Hall–Kier alpha value is -2.96. The van der Waals surface area contributed by atoms with Crippen molar-refractivity contribution in [2.45, 2.75) is 25.9 Å². The van der Waals surface area contributed by atoms with Gasteiger partial charge in [0.2, 0.25) is 5.95 Å². The molecule has 2 N–H and O–H groups in total. The number of rotatable bonds is 7. The normalized spacial score (nSPS) is 14.0. The molecule has 0 amide bonds. The zero-order valence-corrected chi connectivity index (χ0v) is 19.5. The molecule has 0 saturated carbocycles. The molecule has 1 saturated heterocycles. The maximum Gasteiger partial charge on any atom is 0.229 e. The molecule has 0 aliphatic carbocycles. The maximum absolute atomic E-state index is 4.68. The van der Waals surface area contributed by atoms with Crippen LogP contribution >= 0.6 is 15.9 Å². The van der Waals surface area contributed by atoms with Gasteiger partial charge in [-0.1, -0.05) is 54.6 Å². The summed E-state index contributed by atoms with van der Waals surface area (Å²) < 4.78 is 0.837. The van der Waals surface area contributed by atoms with Crippen molar-refractivity contribution in [3.63, 3.8) is 0 Å². The van der Waals surface area contributed by atoms with Gasteiger partial charge in [-0.05, 0) is 75.9 Å². The van der Waals surface area contributed by atoms with Gasteiger partial charge in [-0.2, -0.15) is 4.98 Å². The molecule has 6 heteroatoms. The van der Waals surface area contributed by atoms with Crippen LogP contribution in [0.25, 0.3) is 10.8 Å². The van der Waals surface area contributed by atoms with Crippen molar-refractivity contribution in [2.75, 3.05) is 23.7 Å². The molecule has 3 aromatic carbocycles. The van der Waals surface area contributed by atoms with Crippen molar-refractivity contribution in [3.8, 4) is 0 Å². The summed E-state index contributed by atoms with van der Waals surface area (Å²) >= 11 is 3.57. The van der Waals surface area contributed by atoms with E-state index in [9.17, 15) is 0 Å². The highest BCUT2D eigenvalue weighted by Crippen LogP contribution is 2.25. The summed E-state index contributed by atoms with van der Waals surface area (Å²) in [7, 11) is 0. The van der Waals surface area contributed by atoms with Crippen LogP contribution in [0.5, 0.6) is 0 Å². The van der Waals surface area contributed by atoms with Crippen LogP contribution in [0, 0.1) is 0 Å². The van der Waals surface area contributed by atoms with Crippen LogP contribution in [0.2, 0.25) is 0 Å². The van der Waals surface area contributed by atoms with E-state index in [1.165, 1.54) is 47.8 Å². The Bertz CT molecular complexity index is 1200. The third-order valence-electron chi connectivity index (χ3n) is 5.89. The largest absolute Gasteiger partial charge is 0.365 e. The van der Waals surface area contributed by atoms with Gasteiger partial charge < -0.3 is 10.6 Å². The summed E-state index contributed by atoms with van der Waals surface area (Å²) in [6.45, 7) is 4.13. The minimum absolute atomic E-state index is 0.570. The molecule has 0 radical (unpaired) electrons. The number of hydrogen-bond acceptors (Lipinski definition) is 5. The predicted octanol–water partition coefficient (Wildman–Crippen LogP) is 6.34. The molecule has 0 bridgehead atoms. The van der Waals surface area contributed by atoms with E-state index in [0.717, 1.165) is 22.5 Å². The molecular weight excluding hydrogens is 462 g/mol. The molecule has 4 aromatic rings. The van der Waals surface area contributed by atoms with Gasteiger partial charge in [0.15, 0.2) is 0 Å². The highest BCUT2D eigenvalue weighted by atomic mass is 79.9. The fraction of sp³-hybridized carbons (Fsp3) is 0.231. The van der Waals surface area contributed by atoms with Crippen LogP contribution in [0.4, 0.5) is 17.5 Å². The lowest BCUT2D eigenvalue weighted by molar-refractivity contribution is 0.331. The van der Waals surface area contributed by atoms with Gasteiger partial charge in [0.1, 0.15) is 5.82 Å². The number of hydrogen-bond donors (Lipinski definition) is 2. The Kier molecular flexibility index (Phi) is 6.32. The number of fused-ring (bicyclic) bond motifs is 1. The van der Waals surface area contributed by atoms with E-state index in [0.29, 0.717) is 12.5 Å². The van der Waals surface area contributed by atoms with Gasteiger partial charge in [0.25, 0.3) is 0 Å². The van der Waals surface area contributed by atoms with Crippen LogP contribution in [-0.2, 0) is 13.1 Å². The fourth-order valence-corrected chi connectivity index (χ4v) is 4.53. The SMILES string of the molecule is Brc1cnc(Nc2ccc(CN3CCCC3)cc2)nc1NCc1cccc2ccccc12. The fourth-order valence-electron chi connectivity index (χ4n) is 4.20. The standard InChI is InChI=1S/C26H26BrN5/c27-24-17-29-26(30-22-12-10-19(11-13-22)18-32-14-3-4-15-32)31-25(24)28-16-21-8-5-7-20-6-1-2-9-23(20)21/h1-2,5-13,17H,3-4,14-16,18H2,(H2,28,29,30,31). The molecule has 5 nitrogen and oxygen atoms in total. The van der Waals surface area contributed by atoms with Crippen molar-refractivity contribution in [2.24, 2.45) is 0 Å². The average molecular weight is 488 g/mol.